The van der Waals surface area contributed by atoms with Crippen LogP contribution >= 0.6 is 11.3 Å². The lowest BCUT2D eigenvalue weighted by atomic mass is 10.2. The molecule has 0 bridgehead atoms. The second-order valence-corrected chi connectivity index (χ2v) is 5.95. The number of nitrogens with one attached hydrogen (secondary N) is 2. The van der Waals surface area contributed by atoms with Crippen molar-refractivity contribution in [3.63, 3.8) is 0 Å². The number of hydrogen-bond donors (Lipinski definition) is 2. The molecule has 2 N–H and O–H groups in total. The topological polar surface area (TPSA) is 67.2 Å². The van der Waals surface area contributed by atoms with Crippen LogP contribution in [0.25, 0.3) is 22.4 Å². The maximum atomic E-state index is 11.7. The van der Waals surface area contributed by atoms with Gasteiger partial charge in [-0.25, -0.2) is 4.98 Å². The summed E-state index contributed by atoms with van der Waals surface area (Å²) in [6.07, 6.45) is 0. The standard InChI is InChI=1S/C16H17N3O2S/c1-10(17-2)16(20)18-8-15-19-12(9-22-15)14-7-11-5-3-4-6-13(11)21-14/h3-7,9-10,17H,8H2,1-2H3,(H,18,20)/t10-/m0/s1. The molecule has 6 heteroatoms. The average molecular weight is 315 g/mol. The van der Waals surface area contributed by atoms with E-state index in [4.69, 9.17) is 4.42 Å². The number of nitrogens with zero attached hydrogens (tertiary/aromatic N) is 1. The van der Waals surface area contributed by atoms with E-state index >= 15 is 0 Å². The summed E-state index contributed by atoms with van der Waals surface area (Å²) in [6.45, 7) is 2.24. The van der Waals surface area contributed by atoms with Crippen molar-refractivity contribution in [3.05, 3.63) is 40.7 Å². The smallest absolute Gasteiger partial charge is 0.237 e. The van der Waals surface area contributed by atoms with E-state index in [1.54, 1.807) is 7.05 Å². The normalized spacial score (nSPS) is 12.5. The minimum absolute atomic E-state index is 0.0389. The number of carbonyl (C=O) groups excluding carboxylic acids is 1. The molecular weight excluding hydrogens is 298 g/mol. The minimum Gasteiger partial charge on any atom is -0.454 e. The highest BCUT2D eigenvalue weighted by Crippen LogP contribution is 2.28. The first-order chi connectivity index (χ1) is 10.7. The van der Waals surface area contributed by atoms with E-state index in [1.807, 2.05) is 42.6 Å². The highest BCUT2D eigenvalue weighted by Gasteiger charge is 2.12. The molecule has 1 aromatic carbocycles. The van der Waals surface area contributed by atoms with Gasteiger partial charge >= 0.3 is 0 Å². The van der Waals surface area contributed by atoms with Gasteiger partial charge in [-0.15, -0.1) is 11.3 Å². The predicted molar refractivity (Wildman–Crippen MR) is 87.7 cm³/mol. The van der Waals surface area contributed by atoms with Crippen molar-refractivity contribution >= 4 is 28.2 Å². The minimum atomic E-state index is -0.213. The maximum Gasteiger partial charge on any atom is 0.237 e. The number of likely N-dealkylation sites (N-methyl/N-ethyl adjacent to an activating group) is 1. The summed E-state index contributed by atoms with van der Waals surface area (Å²) in [7, 11) is 1.76. The third-order valence-electron chi connectivity index (χ3n) is 3.47. The molecule has 2 aromatic heterocycles. The van der Waals surface area contributed by atoms with Crippen LogP contribution in [0.2, 0.25) is 0 Å². The van der Waals surface area contributed by atoms with E-state index in [0.717, 1.165) is 27.4 Å². The Morgan fingerprint density at radius 3 is 3.00 bits per heavy atom. The van der Waals surface area contributed by atoms with Crippen LogP contribution in [0.5, 0.6) is 0 Å². The summed E-state index contributed by atoms with van der Waals surface area (Å²) in [5.74, 6) is 0.710. The lowest BCUT2D eigenvalue weighted by Gasteiger charge is -2.09. The molecule has 0 fully saturated rings. The molecule has 0 unspecified atom stereocenters. The summed E-state index contributed by atoms with van der Waals surface area (Å²) in [5, 5.41) is 9.62. The quantitative estimate of drug-likeness (QED) is 0.760. The third-order valence-corrected chi connectivity index (χ3v) is 4.32. The van der Waals surface area contributed by atoms with Crippen LogP contribution in [0.1, 0.15) is 11.9 Å². The van der Waals surface area contributed by atoms with Gasteiger partial charge in [-0.05, 0) is 26.1 Å². The highest BCUT2D eigenvalue weighted by atomic mass is 32.1. The van der Waals surface area contributed by atoms with Crippen molar-refractivity contribution in [3.8, 4) is 11.5 Å². The molecule has 0 radical (unpaired) electrons. The Hall–Kier alpha value is -2.18. The van der Waals surface area contributed by atoms with E-state index in [-0.39, 0.29) is 11.9 Å². The highest BCUT2D eigenvalue weighted by molar-refractivity contribution is 7.09. The largest absolute Gasteiger partial charge is 0.454 e. The molecule has 0 spiro atoms. The summed E-state index contributed by atoms with van der Waals surface area (Å²) in [6, 6.07) is 9.64. The first kappa shape index (κ1) is 14.7. The second-order valence-electron chi connectivity index (χ2n) is 5.00. The van der Waals surface area contributed by atoms with E-state index < -0.39 is 0 Å². The number of rotatable bonds is 5. The zero-order valence-corrected chi connectivity index (χ0v) is 13.2. The zero-order chi connectivity index (χ0) is 15.5. The molecule has 114 valence electrons. The monoisotopic (exact) mass is 315 g/mol. The Bertz CT molecular complexity index is 760. The van der Waals surface area contributed by atoms with Crippen LogP contribution in [0, 0.1) is 0 Å². The molecular formula is C16H17N3O2S. The Labute approximate surface area is 132 Å². The van der Waals surface area contributed by atoms with Gasteiger partial charge in [0.15, 0.2) is 5.76 Å². The van der Waals surface area contributed by atoms with E-state index in [0.29, 0.717) is 6.54 Å². The molecule has 22 heavy (non-hydrogen) atoms. The van der Waals surface area contributed by atoms with Crippen LogP contribution in [-0.4, -0.2) is 24.0 Å². The molecule has 0 saturated heterocycles. The Morgan fingerprint density at radius 2 is 2.23 bits per heavy atom. The molecule has 0 aliphatic rings. The zero-order valence-electron chi connectivity index (χ0n) is 12.4. The first-order valence-electron chi connectivity index (χ1n) is 7.05. The van der Waals surface area contributed by atoms with Crippen molar-refractivity contribution in [2.75, 3.05) is 7.05 Å². The molecule has 0 aliphatic heterocycles. The number of furan rings is 1. The third kappa shape index (κ3) is 3.03. The van der Waals surface area contributed by atoms with Gasteiger partial charge in [0.2, 0.25) is 5.91 Å². The van der Waals surface area contributed by atoms with Crippen LogP contribution in [0.15, 0.2) is 40.1 Å². The van der Waals surface area contributed by atoms with Gasteiger partial charge in [0.05, 0.1) is 12.6 Å². The molecule has 5 nitrogen and oxygen atoms in total. The number of hydrogen-bond acceptors (Lipinski definition) is 5. The van der Waals surface area contributed by atoms with Gasteiger partial charge in [-0.3, -0.25) is 4.79 Å². The van der Waals surface area contributed by atoms with Crippen molar-refractivity contribution in [1.29, 1.82) is 0 Å². The van der Waals surface area contributed by atoms with Gasteiger partial charge in [0.25, 0.3) is 0 Å². The molecule has 2 heterocycles. The number of carbonyl (C=O) groups is 1. The lowest BCUT2D eigenvalue weighted by molar-refractivity contribution is -0.122. The van der Waals surface area contributed by atoms with Crippen molar-refractivity contribution in [2.45, 2.75) is 19.5 Å². The number of fused-ring (bicyclic) bond motifs is 1. The van der Waals surface area contributed by atoms with Crippen LogP contribution in [-0.2, 0) is 11.3 Å². The second kappa shape index (κ2) is 6.29. The van der Waals surface area contributed by atoms with Crippen molar-refractivity contribution in [2.24, 2.45) is 0 Å². The number of para-hydroxylation sites is 1. The fraction of sp³-hybridized carbons (Fsp3) is 0.250. The number of thiazole rings is 1. The average Bonchev–Trinajstić information content (AvgIpc) is 3.17. The summed E-state index contributed by atoms with van der Waals surface area (Å²) < 4.78 is 5.80. The van der Waals surface area contributed by atoms with Crippen molar-refractivity contribution in [1.82, 2.24) is 15.6 Å². The summed E-state index contributed by atoms with van der Waals surface area (Å²) in [4.78, 5) is 16.2. The molecule has 3 rings (SSSR count). The summed E-state index contributed by atoms with van der Waals surface area (Å²) in [5.41, 5.74) is 1.65. The number of aromatic nitrogens is 1. The van der Waals surface area contributed by atoms with Gasteiger partial charge in [-0.2, -0.15) is 0 Å². The number of benzene rings is 1. The van der Waals surface area contributed by atoms with Crippen molar-refractivity contribution < 1.29 is 9.21 Å². The van der Waals surface area contributed by atoms with Crippen LogP contribution in [0.4, 0.5) is 0 Å². The van der Waals surface area contributed by atoms with E-state index in [2.05, 4.69) is 15.6 Å². The Balaban J connectivity index is 1.72. The van der Waals surface area contributed by atoms with Gasteiger partial charge in [0, 0.05) is 10.8 Å². The van der Waals surface area contributed by atoms with Gasteiger partial charge in [-0.1, -0.05) is 18.2 Å². The van der Waals surface area contributed by atoms with E-state index in [1.165, 1.54) is 11.3 Å². The Morgan fingerprint density at radius 1 is 1.41 bits per heavy atom. The summed E-state index contributed by atoms with van der Waals surface area (Å²) >= 11 is 1.51. The maximum absolute atomic E-state index is 11.7. The molecule has 1 amide bonds. The van der Waals surface area contributed by atoms with Crippen LogP contribution in [0.3, 0.4) is 0 Å². The Kier molecular flexibility index (Phi) is 4.22. The number of amides is 1. The predicted octanol–water partition coefficient (Wildman–Crippen LogP) is 2.78. The molecule has 0 saturated carbocycles. The molecule has 0 aliphatic carbocycles. The SMILES string of the molecule is CN[C@@H](C)C(=O)NCc1nc(-c2cc3ccccc3o2)cs1. The molecule has 3 aromatic rings. The molecule has 1 atom stereocenters. The van der Waals surface area contributed by atoms with Gasteiger partial charge < -0.3 is 15.1 Å². The van der Waals surface area contributed by atoms with Crippen LogP contribution < -0.4 is 10.6 Å². The van der Waals surface area contributed by atoms with Gasteiger partial charge in [0.1, 0.15) is 16.3 Å². The van der Waals surface area contributed by atoms with E-state index in [9.17, 15) is 4.79 Å². The fourth-order valence-electron chi connectivity index (χ4n) is 2.06. The fourth-order valence-corrected chi connectivity index (χ4v) is 2.78. The first-order valence-corrected chi connectivity index (χ1v) is 7.93. The lowest BCUT2D eigenvalue weighted by Crippen LogP contribution is -2.39.